The number of pyridine rings is 1. The molecule has 1 saturated heterocycles. The number of ether oxygens (including phenoxy) is 1. The molecule has 6 nitrogen and oxygen atoms in total. The van der Waals surface area contributed by atoms with Crippen molar-refractivity contribution in [3.63, 3.8) is 0 Å². The van der Waals surface area contributed by atoms with Crippen LogP contribution in [0.1, 0.15) is 19.8 Å². The van der Waals surface area contributed by atoms with Gasteiger partial charge in [0.15, 0.2) is 5.82 Å². The van der Waals surface area contributed by atoms with Crippen LogP contribution in [0.5, 0.6) is 0 Å². The summed E-state index contributed by atoms with van der Waals surface area (Å²) in [5.74, 6) is -1.82. The predicted molar refractivity (Wildman–Crippen MR) is 72.3 cm³/mol. The Morgan fingerprint density at radius 1 is 1.57 bits per heavy atom. The second-order valence-corrected chi connectivity index (χ2v) is 6.60. The first kappa shape index (κ1) is 15.8. The molecule has 1 aliphatic rings. The minimum Gasteiger partial charge on any atom is -0.466 e. The van der Waals surface area contributed by atoms with Crippen LogP contribution in [0.25, 0.3) is 0 Å². The molecule has 0 spiro atoms. The van der Waals surface area contributed by atoms with Crippen molar-refractivity contribution in [2.45, 2.75) is 24.8 Å². The first-order valence-electron chi connectivity index (χ1n) is 6.74. The van der Waals surface area contributed by atoms with Gasteiger partial charge in [-0.1, -0.05) is 0 Å². The van der Waals surface area contributed by atoms with E-state index in [2.05, 4.69) is 4.98 Å². The summed E-state index contributed by atoms with van der Waals surface area (Å²) in [4.78, 5) is 15.4. The zero-order valence-corrected chi connectivity index (χ0v) is 12.5. The van der Waals surface area contributed by atoms with Crippen molar-refractivity contribution < 1.29 is 22.3 Å². The number of rotatable bonds is 4. The van der Waals surface area contributed by atoms with Crippen molar-refractivity contribution in [2.75, 3.05) is 19.7 Å². The minimum absolute atomic E-state index is 0.00280. The summed E-state index contributed by atoms with van der Waals surface area (Å²) in [6.45, 7) is 2.18. The molecule has 0 radical (unpaired) electrons. The van der Waals surface area contributed by atoms with Crippen LogP contribution in [-0.2, 0) is 19.6 Å². The maximum Gasteiger partial charge on any atom is 0.310 e. The fourth-order valence-corrected chi connectivity index (χ4v) is 3.80. The smallest absolute Gasteiger partial charge is 0.310 e. The molecule has 0 aliphatic carbocycles. The number of piperidine rings is 1. The topological polar surface area (TPSA) is 76.6 Å². The Kier molecular flexibility index (Phi) is 4.89. The fourth-order valence-electron chi connectivity index (χ4n) is 2.30. The molecule has 0 amide bonds. The number of halogens is 1. The third kappa shape index (κ3) is 3.38. The Morgan fingerprint density at radius 3 is 3.00 bits per heavy atom. The van der Waals surface area contributed by atoms with Crippen molar-refractivity contribution in [3.8, 4) is 0 Å². The van der Waals surface area contributed by atoms with E-state index >= 15 is 0 Å². The Balaban J connectivity index is 2.21. The maximum absolute atomic E-state index is 13.7. The largest absolute Gasteiger partial charge is 0.466 e. The van der Waals surface area contributed by atoms with Crippen LogP contribution in [0, 0.1) is 11.7 Å². The van der Waals surface area contributed by atoms with Crippen LogP contribution < -0.4 is 0 Å². The van der Waals surface area contributed by atoms with Gasteiger partial charge in [0.25, 0.3) is 10.0 Å². The lowest BCUT2D eigenvalue weighted by Gasteiger charge is -2.30. The van der Waals surface area contributed by atoms with E-state index in [1.54, 1.807) is 6.92 Å². The highest BCUT2D eigenvalue weighted by molar-refractivity contribution is 7.89. The summed E-state index contributed by atoms with van der Waals surface area (Å²) in [6, 6.07) is 2.37. The zero-order valence-electron chi connectivity index (χ0n) is 11.7. The van der Waals surface area contributed by atoms with Gasteiger partial charge in [-0.15, -0.1) is 0 Å². The average molecular weight is 316 g/mol. The van der Waals surface area contributed by atoms with Gasteiger partial charge >= 0.3 is 5.97 Å². The first-order chi connectivity index (χ1) is 9.96. The van der Waals surface area contributed by atoms with Crippen molar-refractivity contribution in [3.05, 3.63) is 24.1 Å². The van der Waals surface area contributed by atoms with E-state index < -0.39 is 32.8 Å². The molecule has 1 atom stereocenters. The molecule has 1 aliphatic heterocycles. The lowest BCUT2D eigenvalue weighted by Crippen LogP contribution is -2.43. The van der Waals surface area contributed by atoms with E-state index in [1.165, 1.54) is 12.3 Å². The molecule has 1 aromatic heterocycles. The predicted octanol–water partition coefficient (Wildman–Crippen LogP) is 1.18. The van der Waals surface area contributed by atoms with Crippen molar-refractivity contribution >= 4 is 16.0 Å². The number of hydrogen-bond donors (Lipinski definition) is 0. The Bertz CT molecular complexity index is 620. The SMILES string of the molecule is CCOC(=O)C1CCCN(S(=O)(=O)c2ncccc2F)C1. The number of esters is 1. The van der Waals surface area contributed by atoms with Crippen LogP contribution in [0.2, 0.25) is 0 Å². The molecule has 1 unspecified atom stereocenters. The third-order valence-corrected chi connectivity index (χ3v) is 5.11. The third-order valence-electron chi connectivity index (χ3n) is 3.31. The number of hydrogen-bond acceptors (Lipinski definition) is 5. The molecule has 21 heavy (non-hydrogen) atoms. The van der Waals surface area contributed by atoms with Gasteiger partial charge in [-0.05, 0) is 31.9 Å². The standard InChI is InChI=1S/C13H17FN2O4S/c1-2-20-13(17)10-5-4-8-16(9-10)21(18,19)12-11(14)6-3-7-15-12/h3,6-7,10H,2,4-5,8-9H2,1H3. The molecule has 0 N–H and O–H groups in total. The molecule has 2 heterocycles. The molecule has 8 heteroatoms. The van der Waals surface area contributed by atoms with Gasteiger partial charge in [0.1, 0.15) is 0 Å². The van der Waals surface area contributed by atoms with Crippen LogP contribution in [-0.4, -0.2) is 43.4 Å². The Labute approximate surface area is 123 Å². The molecule has 2 rings (SSSR count). The number of carbonyl (C=O) groups is 1. The normalized spacial score (nSPS) is 20.2. The van der Waals surface area contributed by atoms with Crippen LogP contribution in [0.4, 0.5) is 4.39 Å². The summed E-state index contributed by atoms with van der Waals surface area (Å²) in [7, 11) is -4.03. The highest BCUT2D eigenvalue weighted by Crippen LogP contribution is 2.24. The lowest BCUT2D eigenvalue weighted by molar-refractivity contribution is -0.149. The second kappa shape index (κ2) is 6.48. The molecule has 1 aromatic rings. The van der Waals surface area contributed by atoms with Gasteiger partial charge in [0, 0.05) is 19.3 Å². The van der Waals surface area contributed by atoms with Gasteiger partial charge < -0.3 is 4.74 Å². The maximum atomic E-state index is 13.7. The number of carbonyl (C=O) groups excluding carboxylic acids is 1. The number of sulfonamides is 1. The second-order valence-electron chi connectivity index (χ2n) is 4.74. The van der Waals surface area contributed by atoms with E-state index in [9.17, 15) is 17.6 Å². The van der Waals surface area contributed by atoms with E-state index in [0.29, 0.717) is 12.8 Å². The zero-order chi connectivity index (χ0) is 15.5. The lowest BCUT2D eigenvalue weighted by atomic mass is 10.0. The Morgan fingerprint density at radius 2 is 2.33 bits per heavy atom. The van der Waals surface area contributed by atoms with Gasteiger partial charge in [-0.25, -0.2) is 17.8 Å². The molecule has 0 aromatic carbocycles. The molecule has 0 bridgehead atoms. The van der Waals surface area contributed by atoms with Crippen molar-refractivity contribution in [1.82, 2.24) is 9.29 Å². The van der Waals surface area contributed by atoms with Gasteiger partial charge in [-0.2, -0.15) is 4.31 Å². The molecular weight excluding hydrogens is 299 g/mol. The van der Waals surface area contributed by atoms with Crippen LogP contribution in [0.3, 0.4) is 0 Å². The van der Waals surface area contributed by atoms with Crippen LogP contribution >= 0.6 is 0 Å². The van der Waals surface area contributed by atoms with Crippen molar-refractivity contribution in [2.24, 2.45) is 5.92 Å². The molecule has 0 saturated carbocycles. The summed E-state index contributed by atoms with van der Waals surface area (Å²) in [5.41, 5.74) is 0. The monoisotopic (exact) mass is 316 g/mol. The minimum atomic E-state index is -4.03. The number of aromatic nitrogens is 1. The van der Waals surface area contributed by atoms with E-state index in [1.807, 2.05) is 0 Å². The quantitative estimate of drug-likeness (QED) is 0.780. The summed E-state index contributed by atoms with van der Waals surface area (Å²) in [6.07, 6.45) is 2.31. The van der Waals surface area contributed by atoms with Gasteiger partial charge in [-0.3, -0.25) is 4.79 Å². The van der Waals surface area contributed by atoms with Crippen LogP contribution in [0.15, 0.2) is 23.4 Å². The van der Waals surface area contributed by atoms with Gasteiger partial charge in [0.05, 0.1) is 12.5 Å². The first-order valence-corrected chi connectivity index (χ1v) is 8.18. The molecule has 116 valence electrons. The molecule has 1 fully saturated rings. The van der Waals surface area contributed by atoms with E-state index in [0.717, 1.165) is 10.4 Å². The van der Waals surface area contributed by atoms with Crippen molar-refractivity contribution in [1.29, 1.82) is 0 Å². The highest BCUT2D eigenvalue weighted by Gasteiger charge is 2.35. The fraction of sp³-hybridized carbons (Fsp3) is 0.538. The highest BCUT2D eigenvalue weighted by atomic mass is 32.2. The number of nitrogens with zero attached hydrogens (tertiary/aromatic N) is 2. The van der Waals surface area contributed by atoms with E-state index in [-0.39, 0.29) is 19.7 Å². The summed E-state index contributed by atoms with van der Waals surface area (Å²) >= 11 is 0. The summed E-state index contributed by atoms with van der Waals surface area (Å²) < 4.78 is 44.5. The summed E-state index contributed by atoms with van der Waals surface area (Å²) in [5, 5.41) is -0.602. The van der Waals surface area contributed by atoms with E-state index in [4.69, 9.17) is 4.74 Å². The Hall–Kier alpha value is -1.54. The molecular formula is C13H17FN2O4S. The van der Waals surface area contributed by atoms with Gasteiger partial charge in [0.2, 0.25) is 5.03 Å². The average Bonchev–Trinajstić information content (AvgIpc) is 2.48.